The van der Waals surface area contributed by atoms with Crippen molar-refractivity contribution in [2.45, 2.75) is 71.1 Å². The highest BCUT2D eigenvalue weighted by Crippen LogP contribution is 2.51. The quantitative estimate of drug-likeness (QED) is 0.912. The number of hydrogen-bond donors (Lipinski definition) is 1. The third-order valence-corrected chi connectivity index (χ3v) is 6.72. The minimum atomic E-state index is -0.277. The van der Waals surface area contributed by atoms with Crippen LogP contribution in [0.3, 0.4) is 0 Å². The van der Waals surface area contributed by atoms with Crippen molar-refractivity contribution in [2.24, 2.45) is 5.41 Å². The van der Waals surface area contributed by atoms with Crippen LogP contribution in [0.4, 0.5) is 0 Å². The second-order valence-electron chi connectivity index (χ2n) is 8.11. The molecule has 5 heteroatoms. The summed E-state index contributed by atoms with van der Waals surface area (Å²) in [4.78, 5) is 15.0. The molecule has 3 fully saturated rings. The summed E-state index contributed by atoms with van der Waals surface area (Å²) in [6.45, 7) is 8.30. The fraction of sp³-hybridized carbons (Fsp3) is 0.750. The zero-order valence-electron chi connectivity index (χ0n) is 15.6. The first-order chi connectivity index (χ1) is 12.0. The average Bonchev–Trinajstić information content (AvgIpc) is 3.39. The van der Waals surface area contributed by atoms with Crippen LogP contribution in [0.25, 0.3) is 0 Å². The van der Waals surface area contributed by atoms with Gasteiger partial charge < -0.3 is 19.3 Å². The summed E-state index contributed by atoms with van der Waals surface area (Å²) in [5.41, 5.74) is 3.04. The predicted molar refractivity (Wildman–Crippen MR) is 95.8 cm³/mol. The number of aromatic nitrogens is 1. The van der Waals surface area contributed by atoms with E-state index in [2.05, 4.69) is 24.5 Å². The summed E-state index contributed by atoms with van der Waals surface area (Å²) in [5.74, 6) is 0.150. The van der Waals surface area contributed by atoms with Crippen molar-refractivity contribution in [1.82, 2.24) is 9.47 Å². The van der Waals surface area contributed by atoms with E-state index < -0.39 is 0 Å². The van der Waals surface area contributed by atoms with Gasteiger partial charge >= 0.3 is 0 Å². The minimum Gasteiger partial charge on any atom is -0.392 e. The van der Waals surface area contributed by atoms with Gasteiger partial charge in [0.1, 0.15) is 0 Å². The summed E-state index contributed by atoms with van der Waals surface area (Å²) < 4.78 is 8.16. The molecule has 3 aliphatic rings. The topological polar surface area (TPSA) is 54.7 Å². The Bertz CT molecular complexity index is 667. The number of aliphatic hydroxyl groups is 1. The Morgan fingerprint density at radius 2 is 2.00 bits per heavy atom. The van der Waals surface area contributed by atoms with Gasteiger partial charge in [0.25, 0.3) is 5.91 Å². The molecule has 0 aromatic carbocycles. The summed E-state index contributed by atoms with van der Waals surface area (Å²) in [6.07, 6.45) is 4.76. The molecular formula is C20H30N2O3. The zero-order valence-corrected chi connectivity index (χ0v) is 15.6. The molecule has 2 saturated carbocycles. The lowest BCUT2D eigenvalue weighted by Gasteiger charge is -2.56. The highest BCUT2D eigenvalue weighted by atomic mass is 16.5. The largest absolute Gasteiger partial charge is 0.392 e. The number of carbonyl (C=O) groups is 1. The number of aliphatic hydroxyl groups excluding tert-OH is 1. The molecule has 2 heterocycles. The van der Waals surface area contributed by atoms with Crippen molar-refractivity contribution in [1.29, 1.82) is 0 Å². The lowest BCUT2D eigenvalue weighted by Crippen LogP contribution is -2.62. The van der Waals surface area contributed by atoms with E-state index >= 15 is 0 Å². The number of piperidine rings is 1. The molecule has 1 aliphatic heterocycles. The Labute approximate surface area is 150 Å². The van der Waals surface area contributed by atoms with E-state index in [-0.39, 0.29) is 23.5 Å². The minimum absolute atomic E-state index is 0.127. The maximum atomic E-state index is 13.1. The molecule has 2 atom stereocenters. The molecule has 0 bridgehead atoms. The molecule has 1 amide bonds. The van der Waals surface area contributed by atoms with Crippen molar-refractivity contribution >= 4 is 5.91 Å². The van der Waals surface area contributed by atoms with Gasteiger partial charge in [0.05, 0.1) is 17.8 Å². The highest BCUT2D eigenvalue weighted by molar-refractivity contribution is 5.95. The SMILES string of the molecule is CCO[C@@H]1C[C@@H](O)C12CCN(C(=O)c1cc(C)n(C3CC3)c1C)CC2. The number of likely N-dealkylation sites (tertiary alicyclic amines) is 1. The number of aryl methyl sites for hydroxylation is 1. The van der Waals surface area contributed by atoms with Gasteiger partial charge in [0.15, 0.2) is 0 Å². The van der Waals surface area contributed by atoms with Gasteiger partial charge in [0.2, 0.25) is 0 Å². The molecule has 2 aliphatic carbocycles. The summed E-state index contributed by atoms with van der Waals surface area (Å²) in [7, 11) is 0. The molecule has 138 valence electrons. The second-order valence-corrected chi connectivity index (χ2v) is 8.11. The third kappa shape index (κ3) is 2.63. The van der Waals surface area contributed by atoms with E-state index in [9.17, 15) is 9.90 Å². The maximum absolute atomic E-state index is 13.1. The predicted octanol–water partition coefficient (Wildman–Crippen LogP) is 2.83. The Morgan fingerprint density at radius 1 is 1.32 bits per heavy atom. The number of carbonyl (C=O) groups excluding carboxylic acids is 1. The molecule has 1 aromatic rings. The molecule has 5 nitrogen and oxygen atoms in total. The van der Waals surface area contributed by atoms with E-state index in [1.54, 1.807) is 0 Å². The van der Waals surface area contributed by atoms with Crippen molar-refractivity contribution < 1.29 is 14.6 Å². The maximum Gasteiger partial charge on any atom is 0.255 e. The van der Waals surface area contributed by atoms with Gasteiger partial charge in [-0.15, -0.1) is 0 Å². The smallest absolute Gasteiger partial charge is 0.255 e. The molecular weight excluding hydrogens is 316 g/mol. The normalized spacial score (nSPS) is 28.2. The molecule has 0 radical (unpaired) electrons. The van der Waals surface area contributed by atoms with Gasteiger partial charge in [-0.2, -0.15) is 0 Å². The van der Waals surface area contributed by atoms with Crippen molar-refractivity contribution in [2.75, 3.05) is 19.7 Å². The molecule has 1 aromatic heterocycles. The molecule has 0 unspecified atom stereocenters. The van der Waals surface area contributed by atoms with Crippen molar-refractivity contribution in [3.05, 3.63) is 23.0 Å². The summed E-state index contributed by atoms with van der Waals surface area (Å²) in [6, 6.07) is 2.66. The molecule has 1 spiro atoms. The van der Waals surface area contributed by atoms with Crippen LogP contribution in [-0.2, 0) is 4.74 Å². The van der Waals surface area contributed by atoms with Crippen LogP contribution in [-0.4, -0.2) is 52.4 Å². The van der Waals surface area contributed by atoms with E-state index in [0.29, 0.717) is 25.7 Å². The van der Waals surface area contributed by atoms with Crippen LogP contribution in [0.1, 0.15) is 66.8 Å². The molecule has 25 heavy (non-hydrogen) atoms. The van der Waals surface area contributed by atoms with Crippen LogP contribution >= 0.6 is 0 Å². The van der Waals surface area contributed by atoms with Crippen molar-refractivity contribution in [3.63, 3.8) is 0 Å². The summed E-state index contributed by atoms with van der Waals surface area (Å²) in [5, 5.41) is 10.3. The van der Waals surface area contributed by atoms with E-state index in [0.717, 1.165) is 30.5 Å². The standard InChI is InChI=1S/C20H30N2O3/c1-4-25-18-12-17(23)20(18)7-9-21(10-8-20)19(24)16-11-13(2)22(14(16)3)15-5-6-15/h11,15,17-18,23H,4-10,12H2,1-3H3/t17-,18-/m1/s1. The van der Waals surface area contributed by atoms with E-state index in [1.165, 1.54) is 18.5 Å². The Hall–Kier alpha value is -1.33. The third-order valence-electron chi connectivity index (χ3n) is 6.72. The fourth-order valence-electron chi connectivity index (χ4n) is 5.00. The lowest BCUT2D eigenvalue weighted by molar-refractivity contribution is -0.207. The van der Waals surface area contributed by atoms with Crippen LogP contribution in [0, 0.1) is 19.3 Å². The first-order valence-electron chi connectivity index (χ1n) is 9.75. The monoisotopic (exact) mass is 346 g/mol. The van der Waals surface area contributed by atoms with Crippen molar-refractivity contribution in [3.8, 4) is 0 Å². The van der Waals surface area contributed by atoms with Gasteiger partial charge in [0, 0.05) is 49.0 Å². The molecule has 1 N–H and O–H groups in total. The number of nitrogens with zero attached hydrogens (tertiary/aromatic N) is 2. The van der Waals surface area contributed by atoms with Gasteiger partial charge in [-0.25, -0.2) is 0 Å². The molecule has 1 saturated heterocycles. The first kappa shape index (κ1) is 17.1. The van der Waals surface area contributed by atoms with Crippen LogP contribution in [0.5, 0.6) is 0 Å². The first-order valence-corrected chi connectivity index (χ1v) is 9.75. The fourth-order valence-corrected chi connectivity index (χ4v) is 5.00. The Morgan fingerprint density at radius 3 is 2.56 bits per heavy atom. The van der Waals surface area contributed by atoms with E-state index in [4.69, 9.17) is 4.74 Å². The number of ether oxygens (including phenoxy) is 1. The lowest BCUT2D eigenvalue weighted by atomic mass is 9.58. The number of amides is 1. The van der Waals surface area contributed by atoms with Crippen LogP contribution < -0.4 is 0 Å². The molecule has 4 rings (SSSR count). The van der Waals surface area contributed by atoms with Crippen LogP contribution in [0.2, 0.25) is 0 Å². The van der Waals surface area contributed by atoms with Gasteiger partial charge in [-0.05, 0) is 52.5 Å². The van der Waals surface area contributed by atoms with Crippen LogP contribution in [0.15, 0.2) is 6.07 Å². The number of rotatable bonds is 4. The van der Waals surface area contributed by atoms with Gasteiger partial charge in [-0.1, -0.05) is 0 Å². The Kier molecular flexibility index (Phi) is 4.19. The zero-order chi connectivity index (χ0) is 17.8. The number of hydrogen-bond acceptors (Lipinski definition) is 3. The highest BCUT2D eigenvalue weighted by Gasteiger charge is 2.56. The average molecular weight is 346 g/mol. The van der Waals surface area contributed by atoms with Gasteiger partial charge in [-0.3, -0.25) is 4.79 Å². The second kappa shape index (κ2) is 6.13. The van der Waals surface area contributed by atoms with E-state index in [1.807, 2.05) is 11.8 Å². The summed E-state index contributed by atoms with van der Waals surface area (Å²) >= 11 is 0. The Balaban J connectivity index is 1.46.